The molecule has 0 saturated carbocycles. The van der Waals surface area contributed by atoms with Gasteiger partial charge in [-0.15, -0.1) is 0 Å². The van der Waals surface area contributed by atoms with E-state index >= 15 is 0 Å². The smallest absolute Gasteiger partial charge is 0.394 e. The van der Waals surface area contributed by atoms with Gasteiger partial charge in [0, 0.05) is 11.4 Å². The van der Waals surface area contributed by atoms with E-state index in [4.69, 9.17) is 22.4 Å². The van der Waals surface area contributed by atoms with Gasteiger partial charge in [-0.25, -0.2) is 0 Å². The third-order valence-corrected chi connectivity index (χ3v) is 3.50. The quantitative estimate of drug-likeness (QED) is 0.465. The van der Waals surface area contributed by atoms with Crippen LogP contribution in [0.1, 0.15) is 12.5 Å². The van der Waals surface area contributed by atoms with Gasteiger partial charge in [-0.2, -0.15) is 13.9 Å². The van der Waals surface area contributed by atoms with E-state index in [9.17, 15) is 0 Å². The van der Waals surface area contributed by atoms with Crippen molar-refractivity contribution in [3.8, 4) is 5.75 Å². The lowest BCUT2D eigenvalue weighted by Gasteiger charge is -2.15. The van der Waals surface area contributed by atoms with Gasteiger partial charge in [-0.1, -0.05) is 66.7 Å². The summed E-state index contributed by atoms with van der Waals surface area (Å²) in [6.45, 7) is 2.12. The normalized spacial score (nSPS) is 12.1. The summed E-state index contributed by atoms with van der Waals surface area (Å²) in [4.78, 5) is 5.80. The van der Waals surface area contributed by atoms with Crippen molar-refractivity contribution in [2.24, 2.45) is 0 Å². The van der Waals surface area contributed by atoms with Crippen molar-refractivity contribution in [3.05, 3.63) is 78.4 Å². The van der Waals surface area contributed by atoms with Crippen LogP contribution in [-0.2, 0) is 16.8 Å². The Bertz CT molecular complexity index is 916. The number of benzene rings is 3. The van der Waals surface area contributed by atoms with Gasteiger partial charge >= 0.3 is 10.4 Å². The monoisotopic (exact) mass is 375 g/mol. The van der Waals surface area contributed by atoms with Crippen LogP contribution >= 0.6 is 0 Å². The second-order valence-corrected chi connectivity index (χ2v) is 6.63. The lowest BCUT2D eigenvalue weighted by Crippen LogP contribution is -2.31. The summed E-state index contributed by atoms with van der Waals surface area (Å²) < 4.78 is 31.6. The van der Waals surface area contributed by atoms with Crippen molar-refractivity contribution < 1.29 is 22.4 Å². The van der Waals surface area contributed by atoms with Crippen molar-refractivity contribution in [1.29, 1.82) is 0 Å². The summed E-state index contributed by atoms with van der Waals surface area (Å²) in [7, 11) is -4.67. The van der Waals surface area contributed by atoms with Gasteiger partial charge in [0.15, 0.2) is 5.75 Å². The lowest BCUT2D eigenvalue weighted by atomic mass is 10.1. The molecule has 0 radical (unpaired) electrons. The summed E-state index contributed by atoms with van der Waals surface area (Å²) in [5.41, 5.74) is 4.44. The molecule has 0 aliphatic carbocycles. The minimum Gasteiger partial charge on any atom is -0.408 e. The van der Waals surface area contributed by atoms with Gasteiger partial charge < -0.3 is 4.84 Å². The first kappa shape index (κ1) is 19.9. The van der Waals surface area contributed by atoms with E-state index in [1.165, 1.54) is 10.9 Å². The number of hydrogen-bond acceptors (Lipinski definition) is 4. The van der Waals surface area contributed by atoms with Gasteiger partial charge in [0.25, 0.3) is 0 Å². The van der Waals surface area contributed by atoms with Gasteiger partial charge in [0.2, 0.25) is 0 Å². The van der Waals surface area contributed by atoms with Crippen molar-refractivity contribution in [3.63, 3.8) is 0 Å². The molecule has 138 valence electrons. The lowest BCUT2D eigenvalue weighted by molar-refractivity contribution is 0.164. The number of hydrogen-bond donors (Lipinski definition) is 3. The third-order valence-electron chi connectivity index (χ3n) is 3.50. The van der Waals surface area contributed by atoms with E-state index in [1.807, 2.05) is 30.3 Å². The Labute approximate surface area is 153 Å². The average Bonchev–Trinajstić information content (AvgIpc) is 2.59. The van der Waals surface area contributed by atoms with Crippen LogP contribution in [0.25, 0.3) is 10.8 Å². The summed E-state index contributed by atoms with van der Waals surface area (Å²) in [5, 5.41) is 2.31. The van der Waals surface area contributed by atoms with E-state index in [0.717, 1.165) is 17.6 Å². The van der Waals surface area contributed by atoms with Crippen LogP contribution in [0.15, 0.2) is 72.8 Å². The Kier molecular flexibility index (Phi) is 7.11. The van der Waals surface area contributed by atoms with Crippen molar-refractivity contribution in [1.82, 2.24) is 5.48 Å². The molecular formula is C19H21NO5S. The van der Waals surface area contributed by atoms with Crippen LogP contribution in [0.3, 0.4) is 0 Å². The van der Waals surface area contributed by atoms with Crippen LogP contribution in [0, 0.1) is 0 Å². The molecule has 0 aromatic heterocycles. The Hall–Kier alpha value is -2.45. The van der Waals surface area contributed by atoms with Gasteiger partial charge in [-0.05, 0) is 30.4 Å². The second kappa shape index (κ2) is 9.30. The summed E-state index contributed by atoms with van der Waals surface area (Å²) >= 11 is 0. The molecule has 1 unspecified atom stereocenters. The van der Waals surface area contributed by atoms with Crippen molar-refractivity contribution in [2.75, 3.05) is 0 Å². The Balaban J connectivity index is 0.000000431. The maximum absolute atomic E-state index is 8.74. The zero-order chi connectivity index (χ0) is 19.0. The molecule has 3 aromatic carbocycles. The van der Waals surface area contributed by atoms with Gasteiger partial charge in [-0.3, -0.25) is 9.11 Å². The number of fused-ring (bicyclic) bond motifs is 1. The van der Waals surface area contributed by atoms with E-state index < -0.39 is 10.4 Å². The zero-order valence-electron chi connectivity index (χ0n) is 14.2. The van der Waals surface area contributed by atoms with E-state index in [2.05, 4.69) is 54.9 Å². The van der Waals surface area contributed by atoms with Crippen LogP contribution in [0.5, 0.6) is 5.75 Å². The molecule has 0 aliphatic heterocycles. The Morgan fingerprint density at radius 3 is 2.19 bits per heavy atom. The zero-order valence-corrected chi connectivity index (χ0v) is 15.1. The van der Waals surface area contributed by atoms with Gasteiger partial charge in [0.05, 0.1) is 0 Å². The molecule has 1 atom stereocenters. The minimum absolute atomic E-state index is 0.242. The van der Waals surface area contributed by atoms with Crippen molar-refractivity contribution in [2.45, 2.75) is 19.4 Å². The fourth-order valence-electron chi connectivity index (χ4n) is 2.46. The summed E-state index contributed by atoms with van der Waals surface area (Å²) in [5.74, 6) is 0.869. The molecule has 26 heavy (non-hydrogen) atoms. The van der Waals surface area contributed by atoms with Crippen LogP contribution in [0.4, 0.5) is 0 Å². The van der Waals surface area contributed by atoms with Crippen LogP contribution in [-0.4, -0.2) is 23.6 Å². The number of hydroxylamine groups is 1. The molecule has 0 saturated heterocycles. The van der Waals surface area contributed by atoms with E-state index in [-0.39, 0.29) is 6.04 Å². The largest absolute Gasteiger partial charge is 0.408 e. The first-order valence-electron chi connectivity index (χ1n) is 7.97. The SMILES string of the molecule is CC(Cc1ccccc1)NOc1cccc2ccccc12.O=S(=O)(O)O. The highest BCUT2D eigenvalue weighted by Gasteiger charge is 2.06. The number of rotatable bonds is 5. The highest BCUT2D eigenvalue weighted by molar-refractivity contribution is 7.79. The van der Waals surface area contributed by atoms with E-state index in [1.54, 1.807) is 0 Å². The van der Waals surface area contributed by atoms with Gasteiger partial charge in [0.1, 0.15) is 0 Å². The molecule has 0 spiro atoms. The highest BCUT2D eigenvalue weighted by atomic mass is 32.3. The second-order valence-electron chi connectivity index (χ2n) is 5.74. The highest BCUT2D eigenvalue weighted by Crippen LogP contribution is 2.24. The number of nitrogens with one attached hydrogen (secondary N) is 1. The maximum atomic E-state index is 8.74. The average molecular weight is 375 g/mol. The molecule has 3 aromatic rings. The molecule has 3 N–H and O–H groups in total. The Morgan fingerprint density at radius 2 is 1.50 bits per heavy atom. The predicted molar refractivity (Wildman–Crippen MR) is 101 cm³/mol. The molecule has 0 amide bonds. The molecule has 3 rings (SSSR count). The topological polar surface area (TPSA) is 95.9 Å². The fraction of sp³-hybridized carbons (Fsp3) is 0.158. The predicted octanol–water partition coefficient (Wildman–Crippen LogP) is 3.70. The third kappa shape index (κ3) is 7.20. The molecule has 0 bridgehead atoms. The van der Waals surface area contributed by atoms with E-state index in [0.29, 0.717) is 0 Å². The molecule has 0 heterocycles. The molecule has 6 nitrogen and oxygen atoms in total. The molecule has 0 fully saturated rings. The summed E-state index contributed by atoms with van der Waals surface area (Å²) in [6.07, 6.45) is 0.936. The fourth-order valence-corrected chi connectivity index (χ4v) is 2.46. The standard InChI is InChI=1S/C19H19NO.H2O4S/c1-15(14-16-8-3-2-4-9-16)20-21-19-13-7-11-17-10-5-6-12-18(17)19;1-5(2,3)4/h2-13,15,20H,14H2,1H3;(H2,1,2,3,4). The maximum Gasteiger partial charge on any atom is 0.394 e. The first-order valence-corrected chi connectivity index (χ1v) is 9.36. The van der Waals surface area contributed by atoms with Crippen LogP contribution < -0.4 is 10.3 Å². The molecule has 7 heteroatoms. The minimum atomic E-state index is -4.67. The Morgan fingerprint density at radius 1 is 0.923 bits per heavy atom. The molecule has 0 aliphatic rings. The van der Waals surface area contributed by atoms with Crippen molar-refractivity contribution >= 4 is 21.2 Å². The summed E-state index contributed by atoms with van der Waals surface area (Å²) in [6, 6.07) is 25.0. The van der Waals surface area contributed by atoms with Crippen LogP contribution in [0.2, 0.25) is 0 Å². The first-order chi connectivity index (χ1) is 12.3. The molecular weight excluding hydrogens is 354 g/mol.